The van der Waals surface area contributed by atoms with E-state index in [0.29, 0.717) is 6.04 Å². The van der Waals surface area contributed by atoms with E-state index in [2.05, 4.69) is 44.1 Å². The van der Waals surface area contributed by atoms with Gasteiger partial charge in [-0.15, -0.1) is 0 Å². The minimum absolute atomic E-state index is 0.148. The highest BCUT2D eigenvalue weighted by molar-refractivity contribution is 5.13. The highest BCUT2D eigenvalue weighted by Crippen LogP contribution is 2.14. The van der Waals surface area contributed by atoms with Crippen LogP contribution >= 0.6 is 0 Å². The van der Waals surface area contributed by atoms with Gasteiger partial charge in [-0.2, -0.15) is 0 Å². The molecule has 0 saturated carbocycles. The Morgan fingerprint density at radius 2 is 2.08 bits per heavy atom. The third-order valence-electron chi connectivity index (χ3n) is 1.83. The first-order valence-corrected chi connectivity index (χ1v) is 4.67. The molecule has 0 aromatic carbocycles. The Bertz CT molecular complexity index is 249. The molecular weight excluding hydrogens is 160 g/mol. The lowest BCUT2D eigenvalue weighted by Crippen LogP contribution is -2.37. The third-order valence-corrected chi connectivity index (χ3v) is 1.83. The first kappa shape index (κ1) is 10.2. The summed E-state index contributed by atoms with van der Waals surface area (Å²) in [6.07, 6.45) is 3.71. The van der Waals surface area contributed by atoms with Crippen molar-refractivity contribution in [3.05, 3.63) is 30.1 Å². The fourth-order valence-corrected chi connectivity index (χ4v) is 1.36. The topological polar surface area (TPSA) is 24.9 Å². The number of nitrogens with one attached hydrogen (secondary N) is 1. The number of pyridine rings is 1. The van der Waals surface area contributed by atoms with Crippen LogP contribution in [0.2, 0.25) is 0 Å². The molecule has 1 heterocycles. The van der Waals surface area contributed by atoms with Crippen LogP contribution < -0.4 is 5.32 Å². The lowest BCUT2D eigenvalue weighted by atomic mass is 10.0. The summed E-state index contributed by atoms with van der Waals surface area (Å²) in [7, 11) is 0. The predicted molar refractivity (Wildman–Crippen MR) is 55.5 cm³/mol. The molecule has 0 fully saturated rings. The Kier molecular flexibility index (Phi) is 3.04. The molecule has 1 aromatic rings. The molecule has 0 radical (unpaired) electrons. The highest BCUT2D eigenvalue weighted by Gasteiger charge is 2.14. The molecule has 0 amide bonds. The molecule has 1 N–H and O–H groups in total. The predicted octanol–water partition coefficient (Wildman–Crippen LogP) is 2.53. The summed E-state index contributed by atoms with van der Waals surface area (Å²) in [4.78, 5) is 4.10. The average molecular weight is 178 g/mol. The summed E-state index contributed by atoms with van der Waals surface area (Å²) in [6.45, 7) is 8.65. The fourth-order valence-electron chi connectivity index (χ4n) is 1.36. The zero-order valence-electron chi connectivity index (χ0n) is 8.83. The maximum atomic E-state index is 4.10. The Hall–Kier alpha value is -0.890. The molecule has 72 valence electrons. The van der Waals surface area contributed by atoms with Crippen molar-refractivity contribution in [3.8, 4) is 0 Å². The Morgan fingerprint density at radius 3 is 2.54 bits per heavy atom. The van der Waals surface area contributed by atoms with Crippen molar-refractivity contribution in [1.82, 2.24) is 10.3 Å². The molecule has 0 aliphatic carbocycles. The van der Waals surface area contributed by atoms with E-state index in [9.17, 15) is 0 Å². The Labute approximate surface area is 80.4 Å². The monoisotopic (exact) mass is 178 g/mol. The molecule has 2 nitrogen and oxygen atoms in total. The van der Waals surface area contributed by atoms with Crippen molar-refractivity contribution in [2.75, 3.05) is 0 Å². The van der Waals surface area contributed by atoms with Crippen molar-refractivity contribution in [2.24, 2.45) is 0 Å². The van der Waals surface area contributed by atoms with E-state index in [0.717, 1.165) is 0 Å². The molecular formula is C11H18N2. The summed E-state index contributed by atoms with van der Waals surface area (Å²) >= 11 is 0. The van der Waals surface area contributed by atoms with Gasteiger partial charge in [0.15, 0.2) is 0 Å². The maximum absolute atomic E-state index is 4.10. The smallest absolute Gasteiger partial charge is 0.0315 e. The van der Waals surface area contributed by atoms with E-state index in [1.165, 1.54) is 5.56 Å². The van der Waals surface area contributed by atoms with Crippen molar-refractivity contribution in [3.63, 3.8) is 0 Å². The van der Waals surface area contributed by atoms with E-state index < -0.39 is 0 Å². The van der Waals surface area contributed by atoms with Gasteiger partial charge in [0.2, 0.25) is 0 Å². The largest absolute Gasteiger partial charge is 0.305 e. The third kappa shape index (κ3) is 3.55. The number of hydrogen-bond donors (Lipinski definition) is 1. The maximum Gasteiger partial charge on any atom is 0.0315 e. The zero-order valence-corrected chi connectivity index (χ0v) is 8.83. The molecule has 1 rings (SSSR count). The van der Waals surface area contributed by atoms with Crippen LogP contribution in [0.15, 0.2) is 24.5 Å². The molecule has 0 saturated heterocycles. The number of aromatic nitrogens is 1. The van der Waals surface area contributed by atoms with Gasteiger partial charge in [0, 0.05) is 24.0 Å². The summed E-state index contributed by atoms with van der Waals surface area (Å²) in [6, 6.07) is 4.42. The normalized spacial score (nSPS) is 14.2. The van der Waals surface area contributed by atoms with Crippen LogP contribution in [0.25, 0.3) is 0 Å². The minimum atomic E-state index is 0.148. The summed E-state index contributed by atoms with van der Waals surface area (Å²) in [5.74, 6) is 0. The molecule has 0 bridgehead atoms. The van der Waals surface area contributed by atoms with E-state index >= 15 is 0 Å². The first-order valence-electron chi connectivity index (χ1n) is 4.67. The van der Waals surface area contributed by atoms with Crippen molar-refractivity contribution < 1.29 is 0 Å². The second kappa shape index (κ2) is 3.88. The number of hydrogen-bond acceptors (Lipinski definition) is 2. The van der Waals surface area contributed by atoms with Gasteiger partial charge < -0.3 is 5.32 Å². The van der Waals surface area contributed by atoms with Crippen LogP contribution in [0.4, 0.5) is 0 Å². The molecule has 2 heteroatoms. The van der Waals surface area contributed by atoms with Gasteiger partial charge in [-0.3, -0.25) is 4.98 Å². The van der Waals surface area contributed by atoms with Gasteiger partial charge in [0.1, 0.15) is 0 Å². The van der Waals surface area contributed by atoms with Crippen LogP contribution in [0.1, 0.15) is 39.3 Å². The van der Waals surface area contributed by atoms with Crippen LogP contribution in [-0.2, 0) is 0 Å². The van der Waals surface area contributed by atoms with E-state index in [4.69, 9.17) is 0 Å². The highest BCUT2D eigenvalue weighted by atomic mass is 15.0. The standard InChI is InChI=1S/C11H18N2/c1-9(13-11(2,3)4)10-6-5-7-12-8-10/h5-9,13H,1-4H3. The summed E-state index contributed by atoms with van der Waals surface area (Å²) < 4.78 is 0. The van der Waals surface area contributed by atoms with Crippen LogP contribution in [0.3, 0.4) is 0 Å². The van der Waals surface area contributed by atoms with Gasteiger partial charge >= 0.3 is 0 Å². The zero-order chi connectivity index (χ0) is 9.90. The van der Waals surface area contributed by atoms with Crippen molar-refractivity contribution >= 4 is 0 Å². The Morgan fingerprint density at radius 1 is 1.38 bits per heavy atom. The van der Waals surface area contributed by atoms with Crippen molar-refractivity contribution in [1.29, 1.82) is 0 Å². The fraction of sp³-hybridized carbons (Fsp3) is 0.545. The molecule has 1 unspecified atom stereocenters. The quantitative estimate of drug-likeness (QED) is 0.752. The van der Waals surface area contributed by atoms with E-state index in [-0.39, 0.29) is 5.54 Å². The van der Waals surface area contributed by atoms with Crippen LogP contribution in [0.5, 0.6) is 0 Å². The molecule has 1 aromatic heterocycles. The van der Waals surface area contributed by atoms with Gasteiger partial charge in [0.05, 0.1) is 0 Å². The second-order valence-electron chi connectivity index (χ2n) is 4.40. The van der Waals surface area contributed by atoms with E-state index in [1.54, 1.807) is 6.20 Å². The van der Waals surface area contributed by atoms with Gasteiger partial charge in [-0.1, -0.05) is 6.07 Å². The average Bonchev–Trinajstić information content (AvgIpc) is 2.03. The molecule has 0 spiro atoms. The second-order valence-corrected chi connectivity index (χ2v) is 4.40. The number of nitrogens with zero attached hydrogens (tertiary/aromatic N) is 1. The Balaban J connectivity index is 2.64. The molecule has 13 heavy (non-hydrogen) atoms. The lowest BCUT2D eigenvalue weighted by Gasteiger charge is -2.26. The van der Waals surface area contributed by atoms with Crippen LogP contribution in [-0.4, -0.2) is 10.5 Å². The molecule has 0 aliphatic heterocycles. The van der Waals surface area contributed by atoms with E-state index in [1.807, 2.05) is 12.3 Å². The van der Waals surface area contributed by atoms with Gasteiger partial charge in [-0.05, 0) is 39.3 Å². The number of rotatable bonds is 2. The molecule has 0 aliphatic rings. The molecule has 1 atom stereocenters. The van der Waals surface area contributed by atoms with Gasteiger partial charge in [0.25, 0.3) is 0 Å². The minimum Gasteiger partial charge on any atom is -0.305 e. The first-order chi connectivity index (χ1) is 5.99. The van der Waals surface area contributed by atoms with Crippen LogP contribution in [0, 0.1) is 0 Å². The summed E-state index contributed by atoms with van der Waals surface area (Å²) in [5.41, 5.74) is 1.38. The van der Waals surface area contributed by atoms with Crippen molar-refractivity contribution in [2.45, 2.75) is 39.3 Å². The summed E-state index contributed by atoms with van der Waals surface area (Å²) in [5, 5.41) is 3.50. The van der Waals surface area contributed by atoms with Gasteiger partial charge in [-0.25, -0.2) is 0 Å². The lowest BCUT2D eigenvalue weighted by molar-refractivity contribution is 0.378. The SMILES string of the molecule is CC(NC(C)(C)C)c1cccnc1.